The van der Waals surface area contributed by atoms with E-state index in [-0.39, 0.29) is 6.04 Å². The van der Waals surface area contributed by atoms with Crippen LogP contribution in [0.25, 0.3) is 0 Å². The van der Waals surface area contributed by atoms with Crippen molar-refractivity contribution in [3.05, 3.63) is 23.0 Å². The second-order valence-electron chi connectivity index (χ2n) is 5.18. The van der Waals surface area contributed by atoms with E-state index in [9.17, 15) is 4.79 Å². The van der Waals surface area contributed by atoms with E-state index in [0.29, 0.717) is 16.6 Å². The van der Waals surface area contributed by atoms with Gasteiger partial charge in [-0.05, 0) is 37.2 Å². The zero-order valence-corrected chi connectivity index (χ0v) is 10.9. The lowest BCUT2D eigenvalue weighted by Gasteiger charge is -2.33. The molecule has 4 heteroatoms. The average molecular weight is 256 g/mol. The highest BCUT2D eigenvalue weighted by Crippen LogP contribution is 2.37. The molecule has 0 spiro atoms. The van der Waals surface area contributed by atoms with Gasteiger partial charge in [-0.2, -0.15) is 0 Å². The first-order valence-electron chi connectivity index (χ1n) is 6.09. The molecule has 0 amide bonds. The molecule has 1 aliphatic carbocycles. The Labute approximate surface area is 106 Å². The molecule has 1 aromatic heterocycles. The second-order valence-corrected chi connectivity index (χ2v) is 5.61. The van der Waals surface area contributed by atoms with Crippen molar-refractivity contribution in [1.82, 2.24) is 4.57 Å². The number of hydrogen-bond acceptors (Lipinski definition) is 1. The summed E-state index contributed by atoms with van der Waals surface area (Å²) >= 11 is 5.91. The Morgan fingerprint density at radius 2 is 2.12 bits per heavy atom. The number of halogens is 1. The normalized spacial score (nSPS) is 29.2. The van der Waals surface area contributed by atoms with E-state index in [4.69, 9.17) is 16.7 Å². The predicted octanol–water partition coefficient (Wildman–Crippen LogP) is 3.84. The van der Waals surface area contributed by atoms with Gasteiger partial charge in [-0.15, -0.1) is 0 Å². The van der Waals surface area contributed by atoms with Crippen molar-refractivity contribution in [2.24, 2.45) is 11.8 Å². The number of rotatable bonds is 2. The Morgan fingerprint density at radius 3 is 2.71 bits per heavy atom. The molecule has 1 heterocycles. The summed E-state index contributed by atoms with van der Waals surface area (Å²) < 4.78 is 1.84. The predicted molar refractivity (Wildman–Crippen MR) is 67.6 cm³/mol. The molecule has 2 rings (SSSR count). The van der Waals surface area contributed by atoms with E-state index in [0.717, 1.165) is 25.2 Å². The third-order valence-corrected chi connectivity index (χ3v) is 4.20. The maximum Gasteiger partial charge on any atom is 0.352 e. The van der Waals surface area contributed by atoms with Crippen LogP contribution >= 0.6 is 11.6 Å². The Kier molecular flexibility index (Phi) is 3.48. The molecule has 3 unspecified atom stereocenters. The first kappa shape index (κ1) is 12.5. The third-order valence-electron chi connectivity index (χ3n) is 4.00. The Hall–Kier alpha value is -0.960. The summed E-state index contributed by atoms with van der Waals surface area (Å²) in [5, 5.41) is 9.66. The lowest BCUT2D eigenvalue weighted by Crippen LogP contribution is -2.24. The maximum absolute atomic E-state index is 11.1. The highest BCUT2D eigenvalue weighted by molar-refractivity contribution is 6.30. The van der Waals surface area contributed by atoms with Crippen molar-refractivity contribution in [1.29, 1.82) is 0 Å². The third kappa shape index (κ3) is 2.49. The van der Waals surface area contributed by atoms with Crippen LogP contribution in [0, 0.1) is 11.8 Å². The van der Waals surface area contributed by atoms with Gasteiger partial charge in [0.1, 0.15) is 5.69 Å². The standard InChI is InChI=1S/C13H18ClNO2/c1-8-3-4-11(5-9(8)2)15-7-10(14)6-12(15)13(16)17/h6-9,11H,3-5H2,1-2H3,(H,16,17). The van der Waals surface area contributed by atoms with Gasteiger partial charge in [0, 0.05) is 12.2 Å². The van der Waals surface area contributed by atoms with Crippen LogP contribution in [0.4, 0.5) is 0 Å². The number of aromatic nitrogens is 1. The molecule has 1 N–H and O–H groups in total. The van der Waals surface area contributed by atoms with Crippen LogP contribution < -0.4 is 0 Å². The van der Waals surface area contributed by atoms with Crippen molar-refractivity contribution in [2.45, 2.75) is 39.2 Å². The molecule has 3 nitrogen and oxygen atoms in total. The molecule has 94 valence electrons. The van der Waals surface area contributed by atoms with Crippen LogP contribution in [0.1, 0.15) is 49.6 Å². The minimum Gasteiger partial charge on any atom is -0.477 e. The van der Waals surface area contributed by atoms with Crippen LogP contribution in [0.3, 0.4) is 0 Å². The van der Waals surface area contributed by atoms with E-state index in [1.807, 2.05) is 4.57 Å². The highest BCUT2D eigenvalue weighted by atomic mass is 35.5. The van der Waals surface area contributed by atoms with E-state index in [2.05, 4.69) is 13.8 Å². The molecule has 1 fully saturated rings. The largest absolute Gasteiger partial charge is 0.477 e. The number of nitrogens with zero attached hydrogens (tertiary/aromatic N) is 1. The van der Waals surface area contributed by atoms with Gasteiger partial charge in [-0.3, -0.25) is 0 Å². The summed E-state index contributed by atoms with van der Waals surface area (Å²) in [5.74, 6) is 0.463. The van der Waals surface area contributed by atoms with E-state index < -0.39 is 5.97 Å². The van der Waals surface area contributed by atoms with Gasteiger partial charge in [0.2, 0.25) is 0 Å². The summed E-state index contributed by atoms with van der Waals surface area (Å²) in [6.07, 6.45) is 4.97. The molecule has 1 aromatic rings. The van der Waals surface area contributed by atoms with Gasteiger partial charge in [0.05, 0.1) is 5.02 Å². The lowest BCUT2D eigenvalue weighted by atomic mass is 9.79. The SMILES string of the molecule is CC1CCC(n2cc(Cl)cc2C(=O)O)CC1C. The van der Waals surface area contributed by atoms with Crippen LogP contribution in [-0.2, 0) is 0 Å². The molecular weight excluding hydrogens is 238 g/mol. The summed E-state index contributed by atoms with van der Waals surface area (Å²) in [4.78, 5) is 11.1. The van der Waals surface area contributed by atoms with E-state index in [1.165, 1.54) is 6.07 Å². The van der Waals surface area contributed by atoms with Crippen molar-refractivity contribution in [3.8, 4) is 0 Å². The Morgan fingerprint density at radius 1 is 1.41 bits per heavy atom. The molecule has 0 aliphatic heterocycles. The van der Waals surface area contributed by atoms with Crippen molar-refractivity contribution in [2.75, 3.05) is 0 Å². The molecule has 0 radical (unpaired) electrons. The molecule has 1 saturated carbocycles. The van der Waals surface area contributed by atoms with Gasteiger partial charge >= 0.3 is 5.97 Å². The molecule has 17 heavy (non-hydrogen) atoms. The van der Waals surface area contributed by atoms with Gasteiger partial charge < -0.3 is 9.67 Å². The zero-order chi connectivity index (χ0) is 12.6. The fourth-order valence-corrected chi connectivity index (χ4v) is 2.90. The number of carbonyl (C=O) groups is 1. The monoisotopic (exact) mass is 255 g/mol. The fraction of sp³-hybridized carbons (Fsp3) is 0.615. The summed E-state index contributed by atoms with van der Waals surface area (Å²) in [6, 6.07) is 1.81. The van der Waals surface area contributed by atoms with Gasteiger partial charge in [0.25, 0.3) is 0 Å². The van der Waals surface area contributed by atoms with Gasteiger partial charge in [-0.1, -0.05) is 25.4 Å². The zero-order valence-electron chi connectivity index (χ0n) is 10.2. The first-order chi connectivity index (χ1) is 7.99. The second kappa shape index (κ2) is 4.73. The number of carboxylic acids is 1. The fourth-order valence-electron chi connectivity index (χ4n) is 2.69. The Balaban J connectivity index is 2.25. The van der Waals surface area contributed by atoms with Crippen molar-refractivity contribution < 1.29 is 9.90 Å². The molecule has 1 aliphatic rings. The highest BCUT2D eigenvalue weighted by Gasteiger charge is 2.27. The molecule has 0 saturated heterocycles. The van der Waals surface area contributed by atoms with Crippen molar-refractivity contribution >= 4 is 17.6 Å². The minimum atomic E-state index is -0.900. The summed E-state index contributed by atoms with van der Waals surface area (Å²) in [6.45, 7) is 4.50. The van der Waals surface area contributed by atoms with Gasteiger partial charge in [-0.25, -0.2) is 4.79 Å². The quantitative estimate of drug-likeness (QED) is 0.873. The van der Waals surface area contributed by atoms with Crippen LogP contribution in [0.2, 0.25) is 5.02 Å². The van der Waals surface area contributed by atoms with E-state index >= 15 is 0 Å². The molecule has 0 bridgehead atoms. The minimum absolute atomic E-state index is 0.278. The first-order valence-corrected chi connectivity index (χ1v) is 6.47. The number of hydrogen-bond donors (Lipinski definition) is 1. The summed E-state index contributed by atoms with van der Waals surface area (Å²) in [5.41, 5.74) is 0.307. The number of aromatic carboxylic acids is 1. The molecule has 0 aromatic carbocycles. The smallest absolute Gasteiger partial charge is 0.352 e. The molecule has 3 atom stereocenters. The average Bonchev–Trinajstić information content (AvgIpc) is 2.64. The molecular formula is C13H18ClNO2. The van der Waals surface area contributed by atoms with Crippen molar-refractivity contribution in [3.63, 3.8) is 0 Å². The lowest BCUT2D eigenvalue weighted by molar-refractivity contribution is 0.0678. The van der Waals surface area contributed by atoms with Crippen LogP contribution in [0.15, 0.2) is 12.3 Å². The summed E-state index contributed by atoms with van der Waals surface area (Å²) in [7, 11) is 0. The van der Waals surface area contributed by atoms with Gasteiger partial charge in [0.15, 0.2) is 0 Å². The maximum atomic E-state index is 11.1. The van der Waals surface area contributed by atoms with Crippen LogP contribution in [-0.4, -0.2) is 15.6 Å². The Bertz CT molecular complexity index is 427. The topological polar surface area (TPSA) is 42.2 Å². The number of carboxylic acid groups (broad SMARTS) is 1. The van der Waals surface area contributed by atoms with E-state index in [1.54, 1.807) is 6.20 Å². The van der Waals surface area contributed by atoms with Crippen LogP contribution in [0.5, 0.6) is 0 Å².